The van der Waals surface area contributed by atoms with Crippen molar-refractivity contribution < 1.29 is 13.9 Å². The van der Waals surface area contributed by atoms with E-state index in [-0.39, 0.29) is 6.01 Å². The first-order valence-electron chi connectivity index (χ1n) is 7.36. The second-order valence-electron chi connectivity index (χ2n) is 5.20. The van der Waals surface area contributed by atoms with E-state index in [1.54, 1.807) is 19.2 Å². The first kappa shape index (κ1) is 15.8. The fourth-order valence-corrected chi connectivity index (χ4v) is 2.17. The van der Waals surface area contributed by atoms with Crippen LogP contribution in [0.5, 0.6) is 11.5 Å². The van der Waals surface area contributed by atoms with Crippen LogP contribution < -0.4 is 20.7 Å². The van der Waals surface area contributed by atoms with Crippen LogP contribution in [0.15, 0.2) is 46.9 Å². The van der Waals surface area contributed by atoms with Gasteiger partial charge in [-0.05, 0) is 30.7 Å². The van der Waals surface area contributed by atoms with Gasteiger partial charge in [-0.3, -0.25) is 5.43 Å². The highest BCUT2D eigenvalue weighted by atomic mass is 16.5. The molecule has 1 heterocycles. The zero-order chi connectivity index (χ0) is 16.9. The third kappa shape index (κ3) is 3.47. The molecule has 3 aromatic rings. The number of aryl methyl sites for hydroxylation is 1. The van der Waals surface area contributed by atoms with Crippen molar-refractivity contribution in [3.8, 4) is 23.0 Å². The van der Waals surface area contributed by atoms with Gasteiger partial charge in [-0.1, -0.05) is 34.9 Å². The summed E-state index contributed by atoms with van der Waals surface area (Å²) in [6.07, 6.45) is 0. The molecule has 0 atom stereocenters. The van der Waals surface area contributed by atoms with E-state index in [4.69, 9.17) is 19.7 Å². The molecule has 0 aliphatic carbocycles. The molecule has 124 valence electrons. The lowest BCUT2D eigenvalue weighted by Gasteiger charge is -2.11. The summed E-state index contributed by atoms with van der Waals surface area (Å²) in [6.45, 7) is 2.48. The molecule has 0 spiro atoms. The van der Waals surface area contributed by atoms with Gasteiger partial charge < -0.3 is 13.9 Å². The van der Waals surface area contributed by atoms with Gasteiger partial charge in [0.15, 0.2) is 11.5 Å². The van der Waals surface area contributed by atoms with Crippen molar-refractivity contribution in [2.24, 2.45) is 5.84 Å². The number of rotatable bonds is 6. The number of nitrogen functional groups attached to an aromatic ring is 1. The fourth-order valence-electron chi connectivity index (χ4n) is 2.17. The minimum absolute atomic E-state index is 0.142. The number of hydrogen-bond acceptors (Lipinski definition) is 7. The Kier molecular flexibility index (Phi) is 4.62. The topological polar surface area (TPSA) is 95.4 Å². The third-order valence-corrected chi connectivity index (χ3v) is 3.47. The van der Waals surface area contributed by atoms with Gasteiger partial charge in [0.25, 0.3) is 0 Å². The van der Waals surface area contributed by atoms with Crippen molar-refractivity contribution in [2.75, 3.05) is 12.5 Å². The molecule has 2 aromatic carbocycles. The van der Waals surface area contributed by atoms with Crippen LogP contribution >= 0.6 is 0 Å². The Labute approximate surface area is 139 Å². The molecule has 0 aliphatic heterocycles. The molecule has 0 radical (unpaired) electrons. The molecule has 7 nitrogen and oxygen atoms in total. The van der Waals surface area contributed by atoms with Gasteiger partial charge in [0, 0.05) is 5.56 Å². The molecule has 0 fully saturated rings. The fraction of sp³-hybridized carbons (Fsp3) is 0.176. The van der Waals surface area contributed by atoms with Gasteiger partial charge >= 0.3 is 6.01 Å². The van der Waals surface area contributed by atoms with Gasteiger partial charge in [0.1, 0.15) is 6.61 Å². The number of anilines is 1. The van der Waals surface area contributed by atoms with E-state index in [0.717, 1.165) is 5.56 Å². The number of methoxy groups -OCH3 is 1. The highest BCUT2D eigenvalue weighted by Gasteiger charge is 2.12. The molecule has 3 rings (SSSR count). The van der Waals surface area contributed by atoms with Crippen LogP contribution in [-0.2, 0) is 6.61 Å². The van der Waals surface area contributed by atoms with Gasteiger partial charge in [0.2, 0.25) is 5.89 Å². The predicted octanol–water partition coefficient (Wildman–Crippen LogP) is 2.92. The number of ether oxygens (including phenoxy) is 2. The van der Waals surface area contributed by atoms with E-state index >= 15 is 0 Å². The summed E-state index contributed by atoms with van der Waals surface area (Å²) >= 11 is 0. The van der Waals surface area contributed by atoms with Crippen LogP contribution in [0.1, 0.15) is 11.1 Å². The lowest BCUT2D eigenvalue weighted by Crippen LogP contribution is -2.06. The van der Waals surface area contributed by atoms with Crippen molar-refractivity contribution in [2.45, 2.75) is 13.5 Å². The molecule has 1 aromatic heterocycles. The van der Waals surface area contributed by atoms with Crippen molar-refractivity contribution in [3.63, 3.8) is 0 Å². The Morgan fingerprint density at radius 1 is 1.08 bits per heavy atom. The largest absolute Gasteiger partial charge is 0.493 e. The van der Waals surface area contributed by atoms with Crippen LogP contribution in [0.25, 0.3) is 11.5 Å². The van der Waals surface area contributed by atoms with Gasteiger partial charge in [-0.15, -0.1) is 5.10 Å². The average Bonchev–Trinajstić information content (AvgIpc) is 3.10. The summed E-state index contributed by atoms with van der Waals surface area (Å²) in [6, 6.07) is 13.7. The summed E-state index contributed by atoms with van der Waals surface area (Å²) in [7, 11) is 1.59. The highest BCUT2D eigenvalue weighted by Crippen LogP contribution is 2.33. The Hall–Kier alpha value is -3.06. The number of nitrogens with zero attached hydrogens (tertiary/aromatic N) is 2. The number of benzene rings is 2. The lowest BCUT2D eigenvalue weighted by atomic mass is 10.1. The van der Waals surface area contributed by atoms with E-state index in [0.29, 0.717) is 29.6 Å². The van der Waals surface area contributed by atoms with Crippen LogP contribution in [-0.4, -0.2) is 17.3 Å². The monoisotopic (exact) mass is 326 g/mol. The molecule has 0 unspecified atom stereocenters. The molecule has 0 bridgehead atoms. The quantitative estimate of drug-likeness (QED) is 0.531. The maximum atomic E-state index is 5.89. The summed E-state index contributed by atoms with van der Waals surface area (Å²) in [5.74, 6) is 6.81. The highest BCUT2D eigenvalue weighted by molar-refractivity contribution is 5.60. The van der Waals surface area contributed by atoms with Crippen LogP contribution in [0.2, 0.25) is 0 Å². The maximum absolute atomic E-state index is 5.89. The summed E-state index contributed by atoms with van der Waals surface area (Å²) < 4.78 is 16.6. The average molecular weight is 326 g/mol. The van der Waals surface area contributed by atoms with E-state index < -0.39 is 0 Å². The molecule has 0 amide bonds. The molecule has 0 saturated carbocycles. The first-order valence-corrected chi connectivity index (χ1v) is 7.36. The Morgan fingerprint density at radius 2 is 1.88 bits per heavy atom. The number of nitrogens with one attached hydrogen (secondary N) is 1. The van der Waals surface area contributed by atoms with Crippen LogP contribution in [0, 0.1) is 6.92 Å². The van der Waals surface area contributed by atoms with Crippen LogP contribution in [0.3, 0.4) is 0 Å². The summed E-state index contributed by atoms with van der Waals surface area (Å²) in [4.78, 5) is 0. The molecule has 7 heteroatoms. The standard InChI is InChI=1S/C17H18N4O3/c1-11-3-5-12(6-4-11)10-23-15-9-13(7-8-14(15)22-2)16-20-21-17(19-18)24-16/h3-9H,10,18H2,1-2H3,(H,19,21). The van der Waals surface area contributed by atoms with E-state index in [2.05, 4.69) is 15.6 Å². The molecule has 0 saturated heterocycles. The summed E-state index contributed by atoms with van der Waals surface area (Å²) in [5.41, 5.74) is 5.30. The van der Waals surface area contributed by atoms with Gasteiger partial charge in [-0.25, -0.2) is 5.84 Å². The number of nitrogens with two attached hydrogens (primary N) is 1. The number of hydrogen-bond donors (Lipinski definition) is 2. The van der Waals surface area contributed by atoms with Crippen LogP contribution in [0.4, 0.5) is 6.01 Å². The first-order chi connectivity index (χ1) is 11.7. The normalized spacial score (nSPS) is 10.5. The molecule has 24 heavy (non-hydrogen) atoms. The van der Waals surface area contributed by atoms with Crippen molar-refractivity contribution in [3.05, 3.63) is 53.6 Å². The van der Waals surface area contributed by atoms with E-state index in [1.807, 2.05) is 37.3 Å². The smallest absolute Gasteiger partial charge is 0.330 e. The van der Waals surface area contributed by atoms with E-state index in [1.165, 1.54) is 5.56 Å². The maximum Gasteiger partial charge on any atom is 0.330 e. The van der Waals surface area contributed by atoms with Gasteiger partial charge in [-0.2, -0.15) is 0 Å². The third-order valence-electron chi connectivity index (χ3n) is 3.47. The van der Waals surface area contributed by atoms with Crippen molar-refractivity contribution >= 4 is 6.01 Å². The van der Waals surface area contributed by atoms with Gasteiger partial charge in [0.05, 0.1) is 7.11 Å². The Morgan fingerprint density at radius 3 is 2.54 bits per heavy atom. The zero-order valence-corrected chi connectivity index (χ0v) is 13.4. The minimum atomic E-state index is 0.142. The number of hydrazine groups is 1. The molecular formula is C17H18N4O3. The van der Waals surface area contributed by atoms with E-state index in [9.17, 15) is 0 Å². The molecule has 3 N–H and O–H groups in total. The van der Waals surface area contributed by atoms with Crippen molar-refractivity contribution in [1.82, 2.24) is 10.2 Å². The van der Waals surface area contributed by atoms with Crippen molar-refractivity contribution in [1.29, 1.82) is 0 Å². The molecule has 0 aliphatic rings. The second-order valence-corrected chi connectivity index (χ2v) is 5.20. The lowest BCUT2D eigenvalue weighted by molar-refractivity contribution is 0.284. The predicted molar refractivity (Wildman–Crippen MR) is 89.6 cm³/mol. The summed E-state index contributed by atoms with van der Waals surface area (Å²) in [5, 5.41) is 7.69. The zero-order valence-electron chi connectivity index (χ0n) is 13.4. The SMILES string of the molecule is COc1ccc(-c2nnc(NN)o2)cc1OCc1ccc(C)cc1. The minimum Gasteiger partial charge on any atom is -0.493 e. The Bertz CT molecular complexity index is 815. The Balaban J connectivity index is 1.82. The molecular weight excluding hydrogens is 308 g/mol. The number of aromatic nitrogens is 2. The second kappa shape index (κ2) is 7.01.